The van der Waals surface area contributed by atoms with Crippen LogP contribution in [-0.2, 0) is 4.79 Å². The number of alkyl halides is 2. The quantitative estimate of drug-likeness (QED) is 0.496. The van der Waals surface area contributed by atoms with E-state index < -0.39 is 18.4 Å². The van der Waals surface area contributed by atoms with Gasteiger partial charge in [0.15, 0.2) is 0 Å². The van der Waals surface area contributed by atoms with E-state index in [0.29, 0.717) is 30.2 Å². The Hall–Kier alpha value is -3.07. The highest BCUT2D eigenvalue weighted by Gasteiger charge is 2.36. The molecule has 0 radical (unpaired) electrons. The maximum atomic E-state index is 13.8. The molecule has 7 nitrogen and oxygen atoms in total. The van der Waals surface area contributed by atoms with Crippen molar-refractivity contribution < 1.29 is 23.2 Å². The second kappa shape index (κ2) is 9.05. The molecule has 33 heavy (non-hydrogen) atoms. The van der Waals surface area contributed by atoms with E-state index in [4.69, 9.17) is 21.2 Å². The number of nitrogens with zero attached hydrogens (tertiary/aromatic N) is 4. The standard InChI is InChI=1S/C23H23ClF2N4O3/c1-13(9-19(31)32)15-4-5-17(14(2)8-15)20-28-22(33-29-20)16-10-18(24)21(27-11-16)30-7-3-6-23(25,26)12-30/h4-5,8,10-11,13H,3,6-7,9,12H2,1-2H3,(H,31,32). The van der Waals surface area contributed by atoms with Crippen molar-refractivity contribution in [3.05, 3.63) is 46.6 Å². The van der Waals surface area contributed by atoms with Crippen LogP contribution in [0.4, 0.5) is 14.6 Å². The van der Waals surface area contributed by atoms with Crippen LogP contribution in [0.5, 0.6) is 0 Å². The van der Waals surface area contributed by atoms with Crippen LogP contribution < -0.4 is 4.90 Å². The summed E-state index contributed by atoms with van der Waals surface area (Å²) in [6.45, 7) is 3.81. The Morgan fingerprint density at radius 1 is 1.36 bits per heavy atom. The summed E-state index contributed by atoms with van der Waals surface area (Å²) in [5.74, 6) is -2.85. The van der Waals surface area contributed by atoms with E-state index in [-0.39, 0.29) is 29.7 Å². The van der Waals surface area contributed by atoms with Crippen molar-refractivity contribution in [2.45, 2.75) is 45.0 Å². The van der Waals surface area contributed by atoms with Gasteiger partial charge in [0.2, 0.25) is 5.82 Å². The number of carbonyl (C=O) groups is 1. The van der Waals surface area contributed by atoms with Crippen molar-refractivity contribution in [2.75, 3.05) is 18.0 Å². The molecular weight excluding hydrogens is 454 g/mol. The SMILES string of the molecule is Cc1cc(C(C)CC(=O)O)ccc1-c1noc(-c2cnc(N3CCCC(F)(F)C3)c(Cl)c2)n1. The van der Waals surface area contributed by atoms with Crippen LogP contribution in [0, 0.1) is 6.92 Å². The molecule has 174 valence electrons. The Labute approximate surface area is 194 Å². The topological polar surface area (TPSA) is 92.3 Å². The van der Waals surface area contributed by atoms with E-state index in [2.05, 4.69) is 15.1 Å². The largest absolute Gasteiger partial charge is 0.481 e. The lowest BCUT2D eigenvalue weighted by molar-refractivity contribution is -0.137. The minimum absolute atomic E-state index is 0.0456. The summed E-state index contributed by atoms with van der Waals surface area (Å²) >= 11 is 6.36. The van der Waals surface area contributed by atoms with Crippen LogP contribution in [0.1, 0.15) is 43.2 Å². The lowest BCUT2D eigenvalue weighted by Crippen LogP contribution is -2.43. The van der Waals surface area contributed by atoms with Crippen molar-refractivity contribution in [3.63, 3.8) is 0 Å². The molecule has 3 heterocycles. The zero-order valence-corrected chi connectivity index (χ0v) is 18.9. The molecule has 1 aliphatic rings. The number of piperidine rings is 1. The number of aromatic nitrogens is 3. The Bertz CT molecular complexity index is 1180. The zero-order valence-electron chi connectivity index (χ0n) is 18.2. The van der Waals surface area contributed by atoms with Gasteiger partial charge in [0, 0.05) is 24.7 Å². The molecule has 0 spiro atoms. The van der Waals surface area contributed by atoms with Crippen molar-refractivity contribution in [3.8, 4) is 22.8 Å². The minimum atomic E-state index is -2.76. The number of benzene rings is 1. The molecular formula is C23H23ClF2N4O3. The van der Waals surface area contributed by atoms with Gasteiger partial charge in [0.05, 0.1) is 23.6 Å². The summed E-state index contributed by atoms with van der Waals surface area (Å²) in [5.41, 5.74) is 3.03. The molecule has 1 unspecified atom stereocenters. The smallest absolute Gasteiger partial charge is 0.303 e. The van der Waals surface area contributed by atoms with Crippen LogP contribution in [0.15, 0.2) is 35.0 Å². The highest BCUT2D eigenvalue weighted by molar-refractivity contribution is 6.33. The molecule has 0 amide bonds. The lowest BCUT2D eigenvalue weighted by atomic mass is 9.94. The molecule has 2 aromatic heterocycles. The molecule has 0 bridgehead atoms. The van der Waals surface area contributed by atoms with Gasteiger partial charge < -0.3 is 14.5 Å². The van der Waals surface area contributed by atoms with Crippen LogP contribution >= 0.6 is 11.6 Å². The first-order valence-electron chi connectivity index (χ1n) is 10.6. The number of hydrogen-bond acceptors (Lipinski definition) is 6. The fourth-order valence-electron chi connectivity index (χ4n) is 4.00. The first-order valence-corrected chi connectivity index (χ1v) is 11.0. The Balaban J connectivity index is 1.55. The molecule has 3 aromatic rings. The van der Waals surface area contributed by atoms with Gasteiger partial charge in [-0.15, -0.1) is 0 Å². The van der Waals surface area contributed by atoms with E-state index in [1.54, 1.807) is 6.07 Å². The van der Waals surface area contributed by atoms with Crippen LogP contribution in [0.2, 0.25) is 5.02 Å². The average Bonchev–Trinajstić information content (AvgIpc) is 3.22. The fourth-order valence-corrected chi connectivity index (χ4v) is 4.29. The van der Waals surface area contributed by atoms with Crippen molar-refractivity contribution >= 4 is 23.4 Å². The van der Waals surface area contributed by atoms with Gasteiger partial charge in [0.1, 0.15) is 5.82 Å². The zero-order chi connectivity index (χ0) is 23.8. The second-order valence-corrected chi connectivity index (χ2v) is 8.81. The third-order valence-electron chi connectivity index (χ3n) is 5.73. The van der Waals surface area contributed by atoms with E-state index in [1.807, 2.05) is 32.0 Å². The summed E-state index contributed by atoms with van der Waals surface area (Å²) in [6.07, 6.45) is 1.76. The number of halogens is 3. The monoisotopic (exact) mass is 476 g/mol. The van der Waals surface area contributed by atoms with E-state index in [9.17, 15) is 13.6 Å². The number of pyridine rings is 1. The molecule has 10 heteroatoms. The molecule has 1 N–H and O–H groups in total. The number of rotatable bonds is 6. The molecule has 4 rings (SSSR count). The summed E-state index contributed by atoms with van der Waals surface area (Å²) in [5, 5.41) is 13.3. The summed E-state index contributed by atoms with van der Waals surface area (Å²) < 4.78 is 32.9. The first-order chi connectivity index (χ1) is 15.6. The van der Waals surface area contributed by atoms with Gasteiger partial charge in [-0.3, -0.25) is 4.79 Å². The maximum Gasteiger partial charge on any atom is 0.303 e. The third kappa shape index (κ3) is 5.13. The Morgan fingerprint density at radius 2 is 2.15 bits per heavy atom. The van der Waals surface area contributed by atoms with E-state index in [0.717, 1.165) is 16.7 Å². The molecule has 1 fully saturated rings. The van der Waals surface area contributed by atoms with Gasteiger partial charge in [-0.1, -0.05) is 41.9 Å². The number of aryl methyl sites for hydroxylation is 1. The fraction of sp³-hybridized carbons (Fsp3) is 0.391. The average molecular weight is 477 g/mol. The highest BCUT2D eigenvalue weighted by Crippen LogP contribution is 2.34. The van der Waals surface area contributed by atoms with Crippen LogP contribution in [0.25, 0.3) is 22.8 Å². The molecule has 1 aromatic carbocycles. The first kappa shape index (κ1) is 23.1. The van der Waals surface area contributed by atoms with Gasteiger partial charge in [-0.05, 0) is 36.5 Å². The van der Waals surface area contributed by atoms with E-state index in [1.165, 1.54) is 11.1 Å². The predicted molar refractivity (Wildman–Crippen MR) is 120 cm³/mol. The number of anilines is 1. The molecule has 0 saturated carbocycles. The third-order valence-corrected chi connectivity index (χ3v) is 6.01. The van der Waals surface area contributed by atoms with Crippen molar-refractivity contribution in [2.24, 2.45) is 0 Å². The molecule has 1 aliphatic heterocycles. The summed E-state index contributed by atoms with van der Waals surface area (Å²) in [6, 6.07) is 7.19. The molecule has 1 atom stereocenters. The van der Waals surface area contributed by atoms with Gasteiger partial charge in [-0.25, -0.2) is 13.8 Å². The van der Waals surface area contributed by atoms with Crippen molar-refractivity contribution in [1.29, 1.82) is 0 Å². The normalized spacial score (nSPS) is 16.6. The highest BCUT2D eigenvalue weighted by atomic mass is 35.5. The second-order valence-electron chi connectivity index (χ2n) is 8.41. The van der Waals surface area contributed by atoms with E-state index >= 15 is 0 Å². The molecule has 0 aliphatic carbocycles. The molecule has 1 saturated heterocycles. The Kier molecular flexibility index (Phi) is 6.34. The minimum Gasteiger partial charge on any atom is -0.481 e. The Morgan fingerprint density at radius 3 is 2.82 bits per heavy atom. The number of hydrogen-bond donors (Lipinski definition) is 1. The van der Waals surface area contributed by atoms with Gasteiger partial charge in [0.25, 0.3) is 11.8 Å². The van der Waals surface area contributed by atoms with Crippen LogP contribution in [0.3, 0.4) is 0 Å². The number of carboxylic acid groups (broad SMARTS) is 1. The van der Waals surface area contributed by atoms with Gasteiger partial charge >= 0.3 is 5.97 Å². The number of aliphatic carboxylic acids is 1. The maximum absolute atomic E-state index is 13.8. The summed E-state index contributed by atoms with van der Waals surface area (Å²) in [7, 11) is 0. The van der Waals surface area contributed by atoms with Crippen LogP contribution in [-0.4, -0.2) is 45.2 Å². The lowest BCUT2D eigenvalue weighted by Gasteiger charge is -2.33. The van der Waals surface area contributed by atoms with Crippen molar-refractivity contribution in [1.82, 2.24) is 15.1 Å². The summed E-state index contributed by atoms with van der Waals surface area (Å²) in [4.78, 5) is 21.2. The number of carboxylic acids is 1. The predicted octanol–water partition coefficient (Wildman–Crippen LogP) is 5.57. The van der Waals surface area contributed by atoms with Gasteiger partial charge in [-0.2, -0.15) is 4.98 Å².